The van der Waals surface area contributed by atoms with E-state index in [0.29, 0.717) is 37.8 Å². The molecular formula is C30H40N2O3. The molecule has 2 unspecified atom stereocenters. The average molecular weight is 477 g/mol. The Morgan fingerprint density at radius 2 is 1.97 bits per heavy atom. The second-order valence-corrected chi connectivity index (χ2v) is 11.0. The van der Waals surface area contributed by atoms with Crippen LogP contribution in [0, 0.1) is 11.8 Å². The predicted molar refractivity (Wildman–Crippen MR) is 140 cm³/mol. The van der Waals surface area contributed by atoms with Crippen molar-refractivity contribution in [3.05, 3.63) is 64.3 Å². The number of methoxy groups -OCH3 is 1. The molecule has 5 rings (SSSR count). The standard InChI is InChI=1S/C30H40N2O3/c1-20(2)13-22(5-4-12-34-3)28-15-26-10-9-25(32(26)18-21-6-7-21)14-24(28)19-35-27-11-8-23-17-31-30(33)29(23)16-27/h4-5,8,11,13,16,20-21,25-26H,6-7,9-10,12,14-15,17-19H2,1-3H3,(H,31,33)/b5-4-,22-13+. The third-order valence-corrected chi connectivity index (χ3v) is 7.89. The van der Waals surface area contributed by atoms with Crippen molar-refractivity contribution in [2.24, 2.45) is 11.8 Å². The molecule has 1 saturated heterocycles. The van der Waals surface area contributed by atoms with Crippen molar-refractivity contribution in [1.82, 2.24) is 10.2 Å². The molecule has 3 aliphatic heterocycles. The molecule has 0 aromatic heterocycles. The third-order valence-electron chi connectivity index (χ3n) is 7.89. The smallest absolute Gasteiger partial charge is 0.252 e. The Bertz CT molecular complexity index is 1030. The molecule has 1 N–H and O–H groups in total. The summed E-state index contributed by atoms with van der Waals surface area (Å²) in [6.07, 6.45) is 14.3. The highest BCUT2D eigenvalue weighted by atomic mass is 16.5. The Balaban J connectivity index is 1.43. The normalized spacial score (nSPS) is 24.9. The first-order valence-electron chi connectivity index (χ1n) is 13.4. The van der Waals surface area contributed by atoms with Crippen LogP contribution in [0.5, 0.6) is 5.75 Å². The van der Waals surface area contributed by atoms with Crippen molar-refractivity contribution in [3.63, 3.8) is 0 Å². The van der Waals surface area contributed by atoms with E-state index >= 15 is 0 Å². The Morgan fingerprint density at radius 1 is 1.17 bits per heavy atom. The SMILES string of the molecule is COC/C=C\C(=C/C(C)C)C1=C(COc2ccc3c(c2)C(=O)NC3)CC2CCC(C1)N2CC1CC1. The van der Waals surface area contributed by atoms with Gasteiger partial charge in [0.25, 0.3) is 5.91 Å². The molecule has 1 aromatic carbocycles. The van der Waals surface area contributed by atoms with Gasteiger partial charge in [-0.1, -0.05) is 38.1 Å². The molecule has 0 spiro atoms. The van der Waals surface area contributed by atoms with Crippen LogP contribution in [0.3, 0.4) is 0 Å². The number of nitrogens with zero attached hydrogens (tertiary/aromatic N) is 1. The lowest BCUT2D eigenvalue weighted by atomic mass is 9.87. The summed E-state index contributed by atoms with van der Waals surface area (Å²) in [5.74, 6) is 2.15. The summed E-state index contributed by atoms with van der Waals surface area (Å²) in [5.41, 5.74) is 5.99. The second-order valence-electron chi connectivity index (χ2n) is 11.0. The molecule has 1 aliphatic carbocycles. The minimum Gasteiger partial charge on any atom is -0.489 e. The van der Waals surface area contributed by atoms with Gasteiger partial charge in [-0.3, -0.25) is 9.69 Å². The zero-order valence-electron chi connectivity index (χ0n) is 21.5. The molecule has 1 saturated carbocycles. The third kappa shape index (κ3) is 5.73. The minimum atomic E-state index is -0.00159. The summed E-state index contributed by atoms with van der Waals surface area (Å²) >= 11 is 0. The van der Waals surface area contributed by atoms with Crippen molar-refractivity contribution in [2.45, 2.75) is 71.0 Å². The molecule has 5 heteroatoms. The predicted octanol–water partition coefficient (Wildman–Crippen LogP) is 5.43. The number of amides is 1. The molecule has 4 aliphatic rings. The fourth-order valence-electron chi connectivity index (χ4n) is 5.94. The molecule has 188 valence electrons. The van der Waals surface area contributed by atoms with E-state index in [9.17, 15) is 4.79 Å². The van der Waals surface area contributed by atoms with Crippen molar-refractivity contribution < 1.29 is 14.3 Å². The number of ether oxygens (including phenoxy) is 2. The van der Waals surface area contributed by atoms with Crippen LogP contribution in [0.4, 0.5) is 0 Å². The topological polar surface area (TPSA) is 50.8 Å². The van der Waals surface area contributed by atoms with Crippen LogP contribution in [-0.4, -0.2) is 49.8 Å². The molecular weight excluding hydrogens is 436 g/mol. The minimum absolute atomic E-state index is 0.00159. The van der Waals surface area contributed by atoms with Gasteiger partial charge in [-0.05, 0) is 84.8 Å². The van der Waals surface area contributed by atoms with Gasteiger partial charge >= 0.3 is 0 Å². The number of carbonyl (C=O) groups excluding carboxylic acids is 1. The Hall–Kier alpha value is -2.37. The zero-order chi connectivity index (χ0) is 24.4. The number of benzene rings is 1. The molecule has 2 bridgehead atoms. The monoisotopic (exact) mass is 476 g/mol. The first kappa shape index (κ1) is 24.3. The highest BCUT2D eigenvalue weighted by Gasteiger charge is 2.40. The highest BCUT2D eigenvalue weighted by molar-refractivity contribution is 5.98. The van der Waals surface area contributed by atoms with E-state index < -0.39 is 0 Å². The molecule has 2 atom stereocenters. The summed E-state index contributed by atoms with van der Waals surface area (Å²) in [4.78, 5) is 15.0. The van der Waals surface area contributed by atoms with E-state index in [0.717, 1.165) is 35.6 Å². The van der Waals surface area contributed by atoms with Crippen LogP contribution in [0.2, 0.25) is 0 Å². The van der Waals surface area contributed by atoms with Crippen molar-refractivity contribution >= 4 is 5.91 Å². The maximum atomic E-state index is 12.1. The zero-order valence-corrected chi connectivity index (χ0v) is 21.5. The molecule has 0 radical (unpaired) electrons. The number of nitrogens with one attached hydrogen (secondary N) is 1. The van der Waals surface area contributed by atoms with Gasteiger partial charge in [0.05, 0.1) is 6.61 Å². The Kier molecular flexibility index (Phi) is 7.45. The quantitative estimate of drug-likeness (QED) is 0.458. The lowest BCUT2D eigenvalue weighted by Crippen LogP contribution is -2.36. The number of carbonyl (C=O) groups is 1. The number of fused-ring (bicyclic) bond motifs is 3. The van der Waals surface area contributed by atoms with Gasteiger partial charge in [-0.15, -0.1) is 0 Å². The van der Waals surface area contributed by atoms with E-state index in [1.807, 2.05) is 18.2 Å². The largest absolute Gasteiger partial charge is 0.489 e. The van der Waals surface area contributed by atoms with Crippen LogP contribution in [0.1, 0.15) is 68.3 Å². The first-order chi connectivity index (χ1) is 17.0. The number of rotatable bonds is 10. The van der Waals surface area contributed by atoms with Gasteiger partial charge in [0.2, 0.25) is 0 Å². The second kappa shape index (κ2) is 10.7. The fraction of sp³-hybridized carbons (Fsp3) is 0.567. The maximum Gasteiger partial charge on any atom is 0.252 e. The van der Waals surface area contributed by atoms with Gasteiger partial charge in [0.15, 0.2) is 0 Å². The van der Waals surface area contributed by atoms with Crippen molar-refractivity contribution in [1.29, 1.82) is 0 Å². The summed E-state index contributed by atoms with van der Waals surface area (Å²) < 4.78 is 11.7. The van der Waals surface area contributed by atoms with Gasteiger partial charge in [-0.2, -0.15) is 0 Å². The Labute approximate surface area is 210 Å². The van der Waals surface area contributed by atoms with E-state index in [-0.39, 0.29) is 5.91 Å². The highest BCUT2D eigenvalue weighted by Crippen LogP contribution is 2.42. The van der Waals surface area contributed by atoms with E-state index in [2.05, 4.69) is 42.3 Å². The van der Waals surface area contributed by atoms with Crippen LogP contribution in [0.25, 0.3) is 0 Å². The average Bonchev–Trinajstić information content (AvgIpc) is 3.50. The van der Waals surface area contributed by atoms with E-state index in [1.54, 1.807) is 7.11 Å². The summed E-state index contributed by atoms with van der Waals surface area (Å²) in [7, 11) is 1.74. The van der Waals surface area contributed by atoms with Gasteiger partial charge in [0, 0.05) is 37.8 Å². The van der Waals surface area contributed by atoms with Crippen molar-refractivity contribution in [3.8, 4) is 5.75 Å². The lowest BCUT2D eigenvalue weighted by molar-refractivity contribution is 0.0965. The number of hydrogen-bond acceptors (Lipinski definition) is 4. The van der Waals surface area contributed by atoms with E-state index in [4.69, 9.17) is 9.47 Å². The summed E-state index contributed by atoms with van der Waals surface area (Å²) in [6, 6.07) is 7.17. The first-order valence-corrected chi connectivity index (χ1v) is 13.4. The van der Waals surface area contributed by atoms with E-state index in [1.165, 1.54) is 48.9 Å². The molecule has 3 heterocycles. The van der Waals surface area contributed by atoms with Gasteiger partial charge in [-0.25, -0.2) is 0 Å². The van der Waals surface area contributed by atoms with Crippen LogP contribution in [0.15, 0.2) is 53.1 Å². The van der Waals surface area contributed by atoms with Gasteiger partial charge in [0.1, 0.15) is 12.4 Å². The fourth-order valence-corrected chi connectivity index (χ4v) is 5.94. The van der Waals surface area contributed by atoms with Crippen LogP contribution in [-0.2, 0) is 11.3 Å². The maximum absolute atomic E-state index is 12.1. The molecule has 2 fully saturated rings. The van der Waals surface area contributed by atoms with Crippen LogP contribution >= 0.6 is 0 Å². The molecule has 1 aromatic rings. The Morgan fingerprint density at radius 3 is 2.71 bits per heavy atom. The number of allylic oxidation sites excluding steroid dienone is 3. The van der Waals surface area contributed by atoms with Crippen molar-refractivity contribution in [2.75, 3.05) is 26.9 Å². The lowest BCUT2D eigenvalue weighted by Gasteiger charge is -2.28. The molecule has 1 amide bonds. The van der Waals surface area contributed by atoms with Gasteiger partial charge < -0.3 is 14.8 Å². The molecule has 5 nitrogen and oxygen atoms in total. The molecule has 35 heavy (non-hydrogen) atoms. The summed E-state index contributed by atoms with van der Waals surface area (Å²) in [5, 5.41) is 2.90. The number of hydrogen-bond donors (Lipinski definition) is 1. The van der Waals surface area contributed by atoms with Crippen LogP contribution < -0.4 is 10.1 Å². The summed E-state index contributed by atoms with van der Waals surface area (Å²) in [6.45, 7) is 7.56.